The Hall–Kier alpha value is 0.626. The number of nitrogens with zero attached hydrogens (tertiary/aromatic N) is 2. The first kappa shape index (κ1) is 53.4. The number of aryl methyl sites for hydroxylation is 2. The van der Waals surface area contributed by atoms with Crippen LogP contribution in [0.15, 0.2) is 58.3 Å². The molecule has 0 unspecified atom stereocenters. The van der Waals surface area contributed by atoms with Crippen LogP contribution in [-0.2, 0) is 68.9 Å². The molecule has 0 saturated carbocycles. The fraction of sp³-hybridized carbons (Fsp3) is 0.647. The van der Waals surface area contributed by atoms with E-state index in [1.165, 1.54) is 36.8 Å². The molecule has 2 aliphatic rings. The van der Waals surface area contributed by atoms with Crippen molar-refractivity contribution in [2.24, 2.45) is 0 Å². The van der Waals surface area contributed by atoms with Crippen molar-refractivity contribution in [2.75, 3.05) is 26.4 Å². The average molecular weight is 823 g/mol. The van der Waals surface area contributed by atoms with Crippen LogP contribution in [0.2, 0.25) is 78.6 Å². The van der Waals surface area contributed by atoms with Crippen LogP contribution in [0.4, 0.5) is 0 Å². The van der Waals surface area contributed by atoms with Crippen LogP contribution < -0.4 is 0 Å². The molecular formula is C34H66Fe2N2O2S2Si4. The van der Waals surface area contributed by atoms with Gasteiger partial charge in [-0.15, -0.1) is 0 Å². The first-order valence-corrected chi connectivity index (χ1v) is 30.7. The van der Waals surface area contributed by atoms with Gasteiger partial charge in [0, 0.05) is 26.4 Å². The van der Waals surface area contributed by atoms with Crippen molar-refractivity contribution in [3.8, 4) is 0 Å². The van der Waals surface area contributed by atoms with Crippen LogP contribution in [0.25, 0.3) is 9.30 Å². The van der Waals surface area contributed by atoms with Crippen molar-refractivity contribution in [3.05, 3.63) is 69.0 Å². The van der Waals surface area contributed by atoms with Crippen LogP contribution in [0.5, 0.6) is 0 Å². The molecule has 0 bridgehead atoms. The minimum atomic E-state index is -1.11. The van der Waals surface area contributed by atoms with E-state index >= 15 is 0 Å². The van der Waals surface area contributed by atoms with Crippen molar-refractivity contribution < 1.29 is 43.6 Å². The van der Waals surface area contributed by atoms with Crippen LogP contribution in [0.3, 0.4) is 0 Å². The Bertz CT molecular complexity index is 795. The minimum absolute atomic E-state index is 0. The molecule has 2 heterocycles. The van der Waals surface area contributed by atoms with Crippen molar-refractivity contribution >= 4 is 58.2 Å². The maximum absolute atomic E-state index is 4.94. The summed E-state index contributed by atoms with van der Waals surface area (Å²) in [6.07, 6.45) is 5.11. The molecule has 4 nitrogen and oxygen atoms in total. The first-order valence-electron chi connectivity index (χ1n) is 16.1. The molecule has 2 fully saturated rings. The molecule has 0 aromatic heterocycles. The molecular weight excluding hydrogens is 757 g/mol. The predicted octanol–water partition coefficient (Wildman–Crippen LogP) is 11.5. The summed E-state index contributed by atoms with van der Waals surface area (Å²) in [5.41, 5.74) is 2.53. The van der Waals surface area contributed by atoms with E-state index in [0.29, 0.717) is 0 Å². The van der Waals surface area contributed by atoms with E-state index in [9.17, 15) is 0 Å². The number of hydrogen-bond donors (Lipinski definition) is 0. The Balaban J connectivity index is -0.000000230. The van der Waals surface area contributed by atoms with Gasteiger partial charge in [0.2, 0.25) is 0 Å². The number of hydrogen-bond acceptors (Lipinski definition) is 4. The fourth-order valence-corrected chi connectivity index (χ4v) is 20.5. The second-order valence-electron chi connectivity index (χ2n) is 15.2. The summed E-state index contributed by atoms with van der Waals surface area (Å²) in [5, 5.41) is 0. The Labute approximate surface area is 322 Å². The van der Waals surface area contributed by atoms with Gasteiger partial charge in [-0.2, -0.15) is 9.79 Å². The zero-order valence-corrected chi connectivity index (χ0v) is 39.4. The van der Waals surface area contributed by atoms with Gasteiger partial charge in [0.1, 0.15) is 0 Å². The normalized spacial score (nSPS) is 13.9. The van der Waals surface area contributed by atoms with E-state index in [2.05, 4.69) is 92.4 Å². The van der Waals surface area contributed by atoms with E-state index in [1.54, 1.807) is 0 Å². The monoisotopic (exact) mass is 822 g/mol. The third-order valence-corrected chi connectivity index (χ3v) is 16.3. The Morgan fingerprint density at radius 2 is 0.630 bits per heavy atom. The Kier molecular flexibility index (Phi) is 32.9. The molecule has 2 aliphatic heterocycles. The van der Waals surface area contributed by atoms with Gasteiger partial charge >= 0.3 is 34.1 Å². The number of benzene rings is 2. The zero-order valence-electron chi connectivity index (χ0n) is 31.5. The summed E-state index contributed by atoms with van der Waals surface area (Å²) in [6, 6.07) is 15.8. The van der Waals surface area contributed by atoms with Gasteiger partial charge in [-0.1, -0.05) is 171 Å². The molecule has 0 amide bonds. The molecule has 2 saturated heterocycles. The molecule has 0 N–H and O–H groups in total. The Morgan fingerprint density at radius 1 is 0.435 bits per heavy atom. The van der Waals surface area contributed by atoms with Crippen LogP contribution in [0, 0.1) is 13.8 Å². The van der Waals surface area contributed by atoms with Crippen LogP contribution in [-0.4, -0.2) is 59.4 Å². The van der Waals surface area contributed by atoms with E-state index < -0.39 is 32.9 Å². The second kappa shape index (κ2) is 28.3. The topological polar surface area (TPSA) is 46.7 Å². The van der Waals surface area contributed by atoms with Crippen molar-refractivity contribution in [1.29, 1.82) is 0 Å². The van der Waals surface area contributed by atoms with Gasteiger partial charge in [-0.25, -0.2) is 0 Å². The first-order chi connectivity index (χ1) is 20.0. The van der Waals surface area contributed by atoms with Gasteiger partial charge in [-0.05, 0) is 39.5 Å². The maximum atomic E-state index is 4.94. The summed E-state index contributed by atoms with van der Waals surface area (Å²) in [5.74, 6) is 0. The summed E-state index contributed by atoms with van der Waals surface area (Å²) < 4.78 is 19.5. The van der Waals surface area contributed by atoms with E-state index in [4.69, 9.17) is 44.0 Å². The molecule has 2 aromatic rings. The molecule has 0 aliphatic carbocycles. The van der Waals surface area contributed by atoms with Gasteiger partial charge in [0.25, 0.3) is 0 Å². The summed E-state index contributed by atoms with van der Waals surface area (Å²) in [4.78, 5) is 1.83. The molecule has 0 atom stereocenters. The smallest absolute Gasteiger partial charge is 0.780 e. The van der Waals surface area contributed by atoms with Gasteiger partial charge in [0.05, 0.1) is 0 Å². The largest absolute Gasteiger partial charge is 2.00 e. The van der Waals surface area contributed by atoms with Crippen molar-refractivity contribution in [2.45, 2.75) is 128 Å². The van der Waals surface area contributed by atoms with E-state index in [0.717, 1.165) is 36.2 Å². The van der Waals surface area contributed by atoms with Gasteiger partial charge in [-0.3, -0.25) is 0 Å². The molecule has 268 valence electrons. The molecule has 4 rings (SSSR count). The summed E-state index contributed by atoms with van der Waals surface area (Å²) in [7, 11) is -4.42. The number of ether oxygens (including phenoxy) is 2. The number of rotatable bonds is 4. The molecule has 46 heavy (non-hydrogen) atoms. The molecule has 0 radical (unpaired) electrons. The quantitative estimate of drug-likeness (QED) is 0.228. The van der Waals surface area contributed by atoms with Crippen molar-refractivity contribution in [1.82, 2.24) is 0 Å². The molecule has 0 spiro atoms. The van der Waals surface area contributed by atoms with Crippen LogP contribution >= 0.6 is 0 Å². The third-order valence-electron chi connectivity index (χ3n) is 5.04. The SMILES string of the molecule is C1CCOC1.C1CCOC1.C[Si](C)(C)[N-][Si](C)(C)C.C[Si](C)(C)[N-][Si](C)(C)C.Cc1ccc([S-])cc1.Cc1ccc([S-])cc1.[Fe+2].[Fe+2]. The molecule has 2 aromatic carbocycles. The fourth-order valence-electron chi connectivity index (χ4n) is 4.11. The average Bonchev–Trinajstić information content (AvgIpc) is 3.59. The van der Waals surface area contributed by atoms with Gasteiger partial charge < -0.3 is 44.0 Å². The van der Waals surface area contributed by atoms with Gasteiger partial charge in [0.15, 0.2) is 0 Å². The minimum Gasteiger partial charge on any atom is -0.780 e. The van der Waals surface area contributed by atoms with E-state index in [1.807, 2.05) is 48.5 Å². The summed E-state index contributed by atoms with van der Waals surface area (Å²) in [6.45, 7) is 35.7. The standard InChI is InChI=1S/2C7H8S.2C6H18NSi2.2C4H8O.2Fe/c2*1-6-2-4-7(8)5-3-6;2*1-8(2,3)7-9(4,5)6;2*1-2-4-5-3-1;;/h2*2-5,8H,1H3;2*1-6H3;2*1-4H2;;/q;;2*-1;;;2*+2/p-2. The second-order valence-corrected chi connectivity index (χ2v) is 35.3. The predicted molar refractivity (Wildman–Crippen MR) is 214 cm³/mol. The molecule has 12 heteroatoms. The van der Waals surface area contributed by atoms with E-state index in [-0.39, 0.29) is 34.1 Å². The van der Waals surface area contributed by atoms with Crippen LogP contribution in [0.1, 0.15) is 36.8 Å². The third kappa shape index (κ3) is 46.7. The maximum Gasteiger partial charge on any atom is 2.00 e. The van der Waals surface area contributed by atoms with Crippen molar-refractivity contribution in [3.63, 3.8) is 0 Å². The summed E-state index contributed by atoms with van der Waals surface area (Å²) >= 11 is 9.74. The Morgan fingerprint density at radius 3 is 0.717 bits per heavy atom. The zero-order chi connectivity index (χ0) is 34.5.